The van der Waals surface area contributed by atoms with E-state index in [1.54, 1.807) is 6.07 Å². The van der Waals surface area contributed by atoms with E-state index in [0.29, 0.717) is 16.0 Å². The molecule has 0 bridgehead atoms. The predicted molar refractivity (Wildman–Crippen MR) is 83.6 cm³/mol. The van der Waals surface area contributed by atoms with Crippen molar-refractivity contribution in [1.29, 1.82) is 0 Å². The topological polar surface area (TPSA) is 24.9 Å². The number of fused-ring (bicyclic) bond motifs is 1. The molecule has 0 radical (unpaired) electrons. The van der Waals surface area contributed by atoms with E-state index in [1.807, 2.05) is 31.4 Å². The Morgan fingerprint density at radius 3 is 2.70 bits per heavy atom. The minimum Gasteiger partial charge on any atom is -0.312 e. The van der Waals surface area contributed by atoms with Crippen molar-refractivity contribution in [3.05, 3.63) is 63.4 Å². The zero-order chi connectivity index (χ0) is 14.1. The Morgan fingerprint density at radius 2 is 2.00 bits per heavy atom. The van der Waals surface area contributed by atoms with Gasteiger partial charge in [0, 0.05) is 33.9 Å². The third-order valence-electron chi connectivity index (χ3n) is 3.96. The molecular formula is C16H16Cl2N2. The van der Waals surface area contributed by atoms with Crippen LogP contribution >= 0.6 is 23.2 Å². The third kappa shape index (κ3) is 2.56. The molecule has 4 heteroatoms. The summed E-state index contributed by atoms with van der Waals surface area (Å²) < 4.78 is 0. The molecule has 0 spiro atoms. The molecule has 1 aromatic heterocycles. The number of nitrogens with one attached hydrogen (secondary N) is 1. The summed E-state index contributed by atoms with van der Waals surface area (Å²) in [6, 6.07) is 10.1. The minimum atomic E-state index is 0.183. The molecule has 2 atom stereocenters. The molecule has 1 aliphatic rings. The first-order valence-corrected chi connectivity index (χ1v) is 7.51. The van der Waals surface area contributed by atoms with Crippen molar-refractivity contribution < 1.29 is 0 Å². The van der Waals surface area contributed by atoms with Gasteiger partial charge in [-0.25, -0.2) is 0 Å². The lowest BCUT2D eigenvalue weighted by atomic mass is 9.91. The van der Waals surface area contributed by atoms with Crippen LogP contribution in [0.15, 0.2) is 36.5 Å². The van der Waals surface area contributed by atoms with E-state index in [9.17, 15) is 0 Å². The van der Waals surface area contributed by atoms with Crippen LogP contribution < -0.4 is 5.32 Å². The van der Waals surface area contributed by atoms with Gasteiger partial charge in [-0.1, -0.05) is 29.3 Å². The number of pyridine rings is 1. The molecule has 0 fully saturated rings. The van der Waals surface area contributed by atoms with Gasteiger partial charge in [-0.15, -0.1) is 0 Å². The number of aryl methyl sites for hydroxylation is 1. The molecule has 104 valence electrons. The monoisotopic (exact) mass is 306 g/mol. The molecule has 2 unspecified atom stereocenters. The molecule has 20 heavy (non-hydrogen) atoms. The summed E-state index contributed by atoms with van der Waals surface area (Å²) in [5.41, 5.74) is 3.67. The Bertz CT molecular complexity index is 607. The van der Waals surface area contributed by atoms with Gasteiger partial charge in [-0.3, -0.25) is 4.98 Å². The fourth-order valence-electron chi connectivity index (χ4n) is 3.12. The fourth-order valence-corrected chi connectivity index (χ4v) is 3.67. The van der Waals surface area contributed by atoms with Crippen molar-refractivity contribution in [1.82, 2.24) is 10.3 Å². The van der Waals surface area contributed by atoms with Gasteiger partial charge in [0.1, 0.15) is 0 Å². The van der Waals surface area contributed by atoms with Crippen molar-refractivity contribution >= 4 is 23.2 Å². The van der Waals surface area contributed by atoms with E-state index in [4.69, 9.17) is 23.2 Å². The molecule has 1 aliphatic carbocycles. The number of benzene rings is 1. The van der Waals surface area contributed by atoms with E-state index in [-0.39, 0.29) is 6.04 Å². The van der Waals surface area contributed by atoms with Crippen molar-refractivity contribution in [3.63, 3.8) is 0 Å². The van der Waals surface area contributed by atoms with Crippen LogP contribution in [-0.2, 0) is 6.42 Å². The van der Waals surface area contributed by atoms with Gasteiger partial charge < -0.3 is 5.32 Å². The van der Waals surface area contributed by atoms with E-state index in [0.717, 1.165) is 18.4 Å². The number of halogens is 2. The maximum absolute atomic E-state index is 6.13. The maximum atomic E-state index is 6.13. The van der Waals surface area contributed by atoms with Gasteiger partial charge in [0.2, 0.25) is 0 Å². The summed E-state index contributed by atoms with van der Waals surface area (Å²) in [4.78, 5) is 4.57. The molecule has 1 aromatic carbocycles. The van der Waals surface area contributed by atoms with Gasteiger partial charge in [0.05, 0.1) is 0 Å². The van der Waals surface area contributed by atoms with Crippen LogP contribution in [0.4, 0.5) is 0 Å². The van der Waals surface area contributed by atoms with E-state index in [2.05, 4.69) is 16.4 Å². The molecule has 0 amide bonds. The summed E-state index contributed by atoms with van der Waals surface area (Å²) in [7, 11) is 1.97. The van der Waals surface area contributed by atoms with Crippen LogP contribution in [0.1, 0.15) is 35.2 Å². The van der Waals surface area contributed by atoms with Gasteiger partial charge in [-0.05, 0) is 55.3 Å². The summed E-state index contributed by atoms with van der Waals surface area (Å²) in [6.07, 6.45) is 4.05. The minimum absolute atomic E-state index is 0.183. The molecule has 2 aromatic rings. The highest BCUT2D eigenvalue weighted by Crippen LogP contribution is 2.41. The molecule has 1 heterocycles. The van der Waals surface area contributed by atoms with Crippen LogP contribution in [-0.4, -0.2) is 12.0 Å². The predicted octanol–water partition coefficient (Wildman–Crippen LogP) is 4.38. The average molecular weight is 307 g/mol. The molecule has 0 saturated heterocycles. The molecule has 3 rings (SSSR count). The fraction of sp³-hybridized carbons (Fsp3) is 0.312. The molecule has 2 nitrogen and oxygen atoms in total. The third-order valence-corrected chi connectivity index (χ3v) is 4.40. The summed E-state index contributed by atoms with van der Waals surface area (Å²) in [5.74, 6) is 0.366. The Kier molecular flexibility index (Phi) is 3.97. The zero-order valence-corrected chi connectivity index (χ0v) is 12.7. The number of likely N-dealkylation sites (N-methyl/N-ethyl adjacent to an activating group) is 1. The zero-order valence-electron chi connectivity index (χ0n) is 11.2. The second kappa shape index (κ2) is 5.72. The number of nitrogens with zero attached hydrogens (tertiary/aromatic N) is 1. The summed E-state index contributed by atoms with van der Waals surface area (Å²) in [5, 5.41) is 4.74. The second-order valence-corrected chi connectivity index (χ2v) is 6.03. The van der Waals surface area contributed by atoms with Crippen LogP contribution in [0, 0.1) is 0 Å². The van der Waals surface area contributed by atoms with Crippen LogP contribution in [0.25, 0.3) is 0 Å². The van der Waals surface area contributed by atoms with Crippen LogP contribution in [0.3, 0.4) is 0 Å². The molecular weight excluding hydrogens is 291 g/mol. The lowest BCUT2D eigenvalue weighted by Crippen LogP contribution is -2.23. The Balaban J connectivity index is 1.99. The number of hydrogen-bond donors (Lipinski definition) is 1. The lowest BCUT2D eigenvalue weighted by molar-refractivity contribution is 0.470. The standard InChI is InChI=1S/C16H16Cl2N2/c1-19-15(11-7-12(17)9-13(18)8-11)14-5-4-10-3-2-6-20-16(10)14/h2-3,6-9,14-15,19H,4-5H2,1H3. The van der Waals surface area contributed by atoms with Gasteiger partial charge >= 0.3 is 0 Å². The SMILES string of the molecule is CNC(c1cc(Cl)cc(Cl)c1)C1CCc2cccnc21. The van der Waals surface area contributed by atoms with Crippen molar-refractivity contribution in [2.24, 2.45) is 0 Å². The van der Waals surface area contributed by atoms with Crippen molar-refractivity contribution in [2.75, 3.05) is 7.05 Å². The second-order valence-electron chi connectivity index (χ2n) is 5.16. The highest BCUT2D eigenvalue weighted by atomic mass is 35.5. The van der Waals surface area contributed by atoms with Gasteiger partial charge in [-0.2, -0.15) is 0 Å². The molecule has 1 N–H and O–H groups in total. The highest BCUT2D eigenvalue weighted by molar-refractivity contribution is 6.34. The van der Waals surface area contributed by atoms with Crippen molar-refractivity contribution in [3.8, 4) is 0 Å². The van der Waals surface area contributed by atoms with Gasteiger partial charge in [0.15, 0.2) is 0 Å². The van der Waals surface area contributed by atoms with E-state index in [1.165, 1.54) is 11.3 Å². The first-order chi connectivity index (χ1) is 9.69. The Hall–Kier alpha value is -1.09. The number of aromatic nitrogens is 1. The van der Waals surface area contributed by atoms with Crippen LogP contribution in [0.5, 0.6) is 0 Å². The van der Waals surface area contributed by atoms with Crippen LogP contribution in [0.2, 0.25) is 10.0 Å². The maximum Gasteiger partial charge on any atom is 0.0485 e. The first-order valence-electron chi connectivity index (χ1n) is 6.76. The Morgan fingerprint density at radius 1 is 1.25 bits per heavy atom. The smallest absolute Gasteiger partial charge is 0.0485 e. The number of rotatable bonds is 3. The summed E-state index contributed by atoms with van der Waals surface area (Å²) >= 11 is 12.3. The lowest BCUT2D eigenvalue weighted by Gasteiger charge is -2.24. The van der Waals surface area contributed by atoms with E-state index >= 15 is 0 Å². The summed E-state index contributed by atoms with van der Waals surface area (Å²) in [6.45, 7) is 0. The van der Waals surface area contributed by atoms with E-state index < -0.39 is 0 Å². The average Bonchev–Trinajstić information content (AvgIpc) is 2.83. The molecule has 0 aliphatic heterocycles. The van der Waals surface area contributed by atoms with Crippen molar-refractivity contribution in [2.45, 2.75) is 24.8 Å². The highest BCUT2D eigenvalue weighted by Gasteiger charge is 2.31. The molecule has 0 saturated carbocycles. The largest absolute Gasteiger partial charge is 0.312 e. The quantitative estimate of drug-likeness (QED) is 0.910. The normalized spacial score (nSPS) is 18.9. The Labute approximate surface area is 129 Å². The number of hydrogen-bond acceptors (Lipinski definition) is 2. The first kappa shape index (κ1) is 13.9. The van der Waals surface area contributed by atoms with Gasteiger partial charge in [0.25, 0.3) is 0 Å².